The molecule has 3 unspecified atom stereocenters. The zero-order chi connectivity index (χ0) is 30.7. The number of anilines is 2. The lowest BCUT2D eigenvalue weighted by molar-refractivity contribution is 0.0504. The number of amides is 1. The molecule has 4 heterocycles. The molecule has 0 radical (unpaired) electrons. The first-order valence-corrected chi connectivity index (χ1v) is 14.7. The van der Waals surface area contributed by atoms with Crippen LogP contribution in [-0.4, -0.2) is 80.2 Å². The van der Waals surface area contributed by atoms with Gasteiger partial charge in [-0.25, -0.2) is 23.5 Å². The Morgan fingerprint density at radius 3 is 2.47 bits per heavy atom. The average molecular weight is 600 g/mol. The van der Waals surface area contributed by atoms with Gasteiger partial charge in [-0.2, -0.15) is 4.80 Å². The van der Waals surface area contributed by atoms with E-state index in [1.807, 2.05) is 18.7 Å². The lowest BCUT2D eigenvalue weighted by Gasteiger charge is -2.34. The highest BCUT2D eigenvalue weighted by atomic mass is 19.1. The summed E-state index contributed by atoms with van der Waals surface area (Å²) < 4.78 is 40.5. The van der Waals surface area contributed by atoms with Crippen LogP contribution in [0.5, 0.6) is 5.75 Å². The van der Waals surface area contributed by atoms with Crippen molar-refractivity contribution in [2.45, 2.75) is 77.7 Å². The fraction of sp³-hybridized carbons (Fsp3) is 0.586. The fourth-order valence-corrected chi connectivity index (χ4v) is 5.59. The van der Waals surface area contributed by atoms with Gasteiger partial charge in [-0.15, -0.1) is 5.10 Å². The Morgan fingerprint density at radius 2 is 1.81 bits per heavy atom. The maximum atomic E-state index is 14.8. The maximum Gasteiger partial charge on any atom is 0.407 e. The van der Waals surface area contributed by atoms with Crippen LogP contribution in [0.4, 0.5) is 25.5 Å². The van der Waals surface area contributed by atoms with Gasteiger partial charge in [0.25, 0.3) is 5.95 Å². The molecule has 2 saturated heterocycles. The summed E-state index contributed by atoms with van der Waals surface area (Å²) in [5.74, 6) is 0.304. The molecule has 232 valence electrons. The van der Waals surface area contributed by atoms with Gasteiger partial charge in [-0.3, -0.25) is 0 Å². The van der Waals surface area contributed by atoms with E-state index in [9.17, 15) is 13.6 Å². The van der Waals surface area contributed by atoms with Crippen molar-refractivity contribution in [2.75, 3.05) is 36.0 Å². The van der Waals surface area contributed by atoms with Crippen LogP contribution in [0.2, 0.25) is 0 Å². The largest absolute Gasteiger partial charge is 0.487 e. The standard InChI is InChI=1S/C29H39F2N9O3/c1-6-40-36-27(35-37-40)38-11-9-19(10-12-38)18(2)42-21-14-32-26(33-15-21)39-16-23(22-13-20(30)7-8-24(22)31)25(17-39)34-28(41)43-29(3,4)5/h7-8,13-15,18-19,23,25H,6,9-12,16-17H2,1-5H3,(H,34,41). The number of piperidine rings is 1. The van der Waals surface area contributed by atoms with E-state index in [4.69, 9.17) is 9.47 Å². The first-order chi connectivity index (χ1) is 20.5. The van der Waals surface area contributed by atoms with Crippen LogP contribution >= 0.6 is 0 Å². The number of hydrogen-bond acceptors (Lipinski definition) is 10. The summed E-state index contributed by atoms with van der Waals surface area (Å²) in [5.41, 5.74) is -0.531. The molecule has 0 aliphatic carbocycles. The smallest absolute Gasteiger partial charge is 0.407 e. The van der Waals surface area contributed by atoms with Crippen molar-refractivity contribution in [2.24, 2.45) is 5.92 Å². The first-order valence-electron chi connectivity index (χ1n) is 14.7. The van der Waals surface area contributed by atoms with Gasteiger partial charge in [0.15, 0.2) is 5.75 Å². The van der Waals surface area contributed by atoms with E-state index >= 15 is 0 Å². The van der Waals surface area contributed by atoms with Crippen molar-refractivity contribution in [3.63, 3.8) is 0 Å². The van der Waals surface area contributed by atoms with Crippen molar-refractivity contribution < 1.29 is 23.0 Å². The monoisotopic (exact) mass is 599 g/mol. The van der Waals surface area contributed by atoms with Crippen LogP contribution in [0.3, 0.4) is 0 Å². The minimum absolute atomic E-state index is 0.0505. The molecule has 43 heavy (non-hydrogen) atoms. The number of nitrogens with one attached hydrogen (secondary N) is 1. The molecule has 1 N–H and O–H groups in total. The van der Waals surface area contributed by atoms with Gasteiger partial charge < -0.3 is 24.6 Å². The molecule has 3 atom stereocenters. The number of alkyl carbamates (subject to hydrolysis) is 1. The van der Waals surface area contributed by atoms with Gasteiger partial charge in [0.1, 0.15) is 17.2 Å². The van der Waals surface area contributed by atoms with Crippen LogP contribution in [0.1, 0.15) is 58.9 Å². The molecule has 2 aromatic heterocycles. The Labute approximate surface area is 249 Å². The number of aryl methyl sites for hydroxylation is 1. The summed E-state index contributed by atoms with van der Waals surface area (Å²) in [6.45, 7) is 12.2. The van der Waals surface area contributed by atoms with E-state index in [-0.39, 0.29) is 24.8 Å². The molecule has 1 aromatic carbocycles. The fourth-order valence-electron chi connectivity index (χ4n) is 5.59. The number of carbonyl (C=O) groups is 1. The van der Waals surface area contributed by atoms with Gasteiger partial charge in [0.05, 0.1) is 31.1 Å². The molecule has 2 aliphatic heterocycles. The summed E-state index contributed by atoms with van der Waals surface area (Å²) >= 11 is 0. The number of hydrogen-bond donors (Lipinski definition) is 1. The first kappa shape index (κ1) is 30.4. The van der Waals surface area contributed by atoms with Gasteiger partial charge in [0, 0.05) is 32.1 Å². The van der Waals surface area contributed by atoms with E-state index in [1.165, 1.54) is 6.07 Å². The summed E-state index contributed by atoms with van der Waals surface area (Å²) in [5, 5.41) is 15.4. The van der Waals surface area contributed by atoms with E-state index < -0.39 is 35.3 Å². The molecule has 12 nitrogen and oxygen atoms in total. The third-order valence-corrected chi connectivity index (χ3v) is 7.81. The topological polar surface area (TPSA) is 123 Å². The lowest BCUT2D eigenvalue weighted by atomic mass is 9.92. The van der Waals surface area contributed by atoms with Crippen molar-refractivity contribution in [3.05, 3.63) is 47.8 Å². The third kappa shape index (κ3) is 7.46. The minimum Gasteiger partial charge on any atom is -0.487 e. The number of rotatable bonds is 8. The zero-order valence-corrected chi connectivity index (χ0v) is 25.2. The lowest BCUT2D eigenvalue weighted by Crippen LogP contribution is -2.43. The van der Waals surface area contributed by atoms with Crippen molar-refractivity contribution in [1.82, 2.24) is 35.5 Å². The normalized spacial score (nSPS) is 20.3. The highest BCUT2D eigenvalue weighted by Gasteiger charge is 2.38. The van der Waals surface area contributed by atoms with Crippen molar-refractivity contribution in [1.29, 1.82) is 0 Å². The predicted octanol–water partition coefficient (Wildman–Crippen LogP) is 3.94. The van der Waals surface area contributed by atoms with Gasteiger partial charge in [-0.1, -0.05) is 5.10 Å². The minimum atomic E-state index is -0.706. The van der Waals surface area contributed by atoms with Crippen LogP contribution in [0, 0.1) is 17.6 Å². The molecule has 3 aromatic rings. The molecular formula is C29H39F2N9O3. The predicted molar refractivity (Wildman–Crippen MR) is 155 cm³/mol. The van der Waals surface area contributed by atoms with Crippen LogP contribution in [0.15, 0.2) is 30.6 Å². The molecule has 0 saturated carbocycles. The number of carbonyl (C=O) groups excluding carboxylic acids is 1. The number of halogens is 2. The van der Waals surface area contributed by atoms with Gasteiger partial charge in [-0.05, 0) is 82.4 Å². The van der Waals surface area contributed by atoms with Crippen LogP contribution in [0.25, 0.3) is 0 Å². The third-order valence-electron chi connectivity index (χ3n) is 7.81. The van der Waals surface area contributed by atoms with E-state index in [1.54, 1.807) is 38.0 Å². The number of benzene rings is 1. The Morgan fingerprint density at radius 1 is 1.09 bits per heavy atom. The SMILES string of the molecule is CCn1nnc(N2CCC(C(C)Oc3cnc(N4CC(NC(=O)OC(C)(C)C)C(c5cc(F)ccc5F)C4)nc3)CC2)n1. The van der Waals surface area contributed by atoms with Crippen molar-refractivity contribution >= 4 is 18.0 Å². The van der Waals surface area contributed by atoms with E-state index in [2.05, 4.69) is 35.6 Å². The molecule has 2 aliphatic rings. The quantitative estimate of drug-likeness (QED) is 0.407. The summed E-state index contributed by atoms with van der Waals surface area (Å²) in [4.78, 5) is 27.2. The van der Waals surface area contributed by atoms with Gasteiger partial charge >= 0.3 is 6.09 Å². The van der Waals surface area contributed by atoms with Crippen LogP contribution < -0.4 is 19.9 Å². The van der Waals surface area contributed by atoms with E-state index in [0.29, 0.717) is 30.1 Å². The molecule has 1 amide bonds. The Hall–Kier alpha value is -4.10. The van der Waals surface area contributed by atoms with Gasteiger partial charge in [0.2, 0.25) is 5.95 Å². The Kier molecular flexibility index (Phi) is 8.92. The van der Waals surface area contributed by atoms with Crippen molar-refractivity contribution in [3.8, 4) is 5.75 Å². The highest BCUT2D eigenvalue weighted by Crippen LogP contribution is 2.33. The molecule has 0 bridgehead atoms. The second-order valence-corrected chi connectivity index (χ2v) is 12.1. The molecule has 0 spiro atoms. The Balaban J connectivity index is 1.21. The number of ether oxygens (including phenoxy) is 2. The summed E-state index contributed by atoms with van der Waals surface area (Å²) in [7, 11) is 0. The molecular weight excluding hydrogens is 560 g/mol. The highest BCUT2D eigenvalue weighted by molar-refractivity contribution is 5.68. The second-order valence-electron chi connectivity index (χ2n) is 12.1. The maximum absolute atomic E-state index is 14.8. The van der Waals surface area contributed by atoms with E-state index in [0.717, 1.165) is 38.1 Å². The second kappa shape index (κ2) is 12.6. The zero-order valence-electron chi connectivity index (χ0n) is 25.2. The number of nitrogens with zero attached hydrogens (tertiary/aromatic N) is 8. The summed E-state index contributed by atoms with van der Waals surface area (Å²) in [6, 6.07) is 2.78. The molecule has 2 fully saturated rings. The number of aromatic nitrogens is 6. The molecule has 5 rings (SSSR count). The average Bonchev–Trinajstić information content (AvgIpc) is 3.61. The molecule has 14 heteroatoms. The number of tetrazole rings is 1. The van der Waals surface area contributed by atoms with Crippen LogP contribution in [-0.2, 0) is 11.3 Å². The Bertz CT molecular complexity index is 1390. The summed E-state index contributed by atoms with van der Waals surface area (Å²) in [6.07, 6.45) is 4.41.